The van der Waals surface area contributed by atoms with Gasteiger partial charge in [0.1, 0.15) is 17.2 Å². The molecule has 202 valence electrons. The van der Waals surface area contributed by atoms with Gasteiger partial charge in [-0.15, -0.1) is 0 Å². The van der Waals surface area contributed by atoms with Crippen molar-refractivity contribution in [3.63, 3.8) is 0 Å². The normalized spacial score (nSPS) is 12.2. The number of amides is 1. The van der Waals surface area contributed by atoms with E-state index < -0.39 is 10.9 Å². The Bertz CT molecular complexity index is 1760. The molecule has 0 aliphatic carbocycles. The maximum absolute atomic E-state index is 13.0. The molecule has 0 saturated heterocycles. The van der Waals surface area contributed by atoms with Crippen molar-refractivity contribution in [3.05, 3.63) is 111 Å². The first-order valence-corrected chi connectivity index (χ1v) is 13.0. The van der Waals surface area contributed by atoms with Crippen molar-refractivity contribution in [3.8, 4) is 0 Å². The summed E-state index contributed by atoms with van der Waals surface area (Å²) in [5.74, 6) is 0.470. The van der Waals surface area contributed by atoms with Gasteiger partial charge in [-0.1, -0.05) is 42.5 Å². The molecule has 1 unspecified atom stereocenters. The second-order valence-corrected chi connectivity index (χ2v) is 10.6. The molecule has 40 heavy (non-hydrogen) atoms. The first-order chi connectivity index (χ1) is 19.1. The summed E-state index contributed by atoms with van der Waals surface area (Å²) in [5.41, 5.74) is 1.15. The Balaban J connectivity index is 1.24. The lowest BCUT2D eigenvalue weighted by Gasteiger charge is -2.24. The number of hydrogen-bond donors (Lipinski definition) is 4. The molecule has 1 atom stereocenters. The van der Waals surface area contributed by atoms with Crippen LogP contribution < -0.4 is 32.1 Å². The van der Waals surface area contributed by atoms with E-state index in [1.807, 2.05) is 52.0 Å². The maximum atomic E-state index is 13.0. The molecule has 1 aromatic heterocycles. The van der Waals surface area contributed by atoms with Crippen molar-refractivity contribution >= 4 is 45.5 Å². The van der Waals surface area contributed by atoms with Crippen LogP contribution in [0.3, 0.4) is 0 Å². The monoisotopic (exact) mass is 534 g/mol. The molecular formula is C31H30N6O3. The predicted octanol–water partition coefficient (Wildman–Crippen LogP) is 5.41. The Morgan fingerprint density at radius 2 is 1.52 bits per heavy atom. The van der Waals surface area contributed by atoms with Crippen molar-refractivity contribution in [2.24, 2.45) is 0 Å². The van der Waals surface area contributed by atoms with E-state index in [0.29, 0.717) is 17.1 Å². The fourth-order valence-corrected chi connectivity index (χ4v) is 4.44. The third kappa shape index (κ3) is 5.68. The van der Waals surface area contributed by atoms with Crippen LogP contribution >= 0.6 is 0 Å². The van der Waals surface area contributed by atoms with Crippen LogP contribution in [-0.2, 0) is 0 Å². The first kappa shape index (κ1) is 26.6. The van der Waals surface area contributed by atoms with E-state index >= 15 is 0 Å². The Morgan fingerprint density at radius 3 is 2.27 bits per heavy atom. The van der Waals surface area contributed by atoms with E-state index in [2.05, 4.69) is 49.4 Å². The lowest BCUT2D eigenvalue weighted by Crippen LogP contribution is -2.41. The lowest BCUT2D eigenvalue weighted by molar-refractivity contribution is 0.0940. The summed E-state index contributed by atoms with van der Waals surface area (Å²) in [5, 5.41) is 14.4. The van der Waals surface area contributed by atoms with Crippen LogP contribution in [0, 0.1) is 0 Å². The Kier molecular flexibility index (Phi) is 7.04. The standard InChI is InChI=1S/C31H30N6O3/c1-18(22-11-7-9-19-8-5-6-10-23(19)22)33-29(40)20-12-14-21(15-13-20)34-30-32-17-16-24(36-30)35-25-26(28(39)27(25)38)37-31(2,3)4/h5-18,37H,1-4H3,(H,33,40)(H2,32,34,35,36). The summed E-state index contributed by atoms with van der Waals surface area (Å²) in [6, 6.07) is 22.6. The van der Waals surface area contributed by atoms with Crippen LogP contribution in [0.25, 0.3) is 10.8 Å². The lowest BCUT2D eigenvalue weighted by atomic mass is 9.99. The molecule has 4 aromatic carbocycles. The fraction of sp³-hybridized carbons (Fsp3) is 0.194. The topological polar surface area (TPSA) is 125 Å². The van der Waals surface area contributed by atoms with Gasteiger partial charge in [0.2, 0.25) is 5.95 Å². The van der Waals surface area contributed by atoms with E-state index in [4.69, 9.17) is 0 Å². The highest BCUT2D eigenvalue weighted by Crippen LogP contribution is 2.25. The first-order valence-electron chi connectivity index (χ1n) is 13.0. The molecule has 5 rings (SSSR count). The number of aromatic nitrogens is 2. The molecule has 0 fully saturated rings. The van der Waals surface area contributed by atoms with Gasteiger partial charge in [-0.05, 0) is 74.4 Å². The zero-order valence-electron chi connectivity index (χ0n) is 22.7. The van der Waals surface area contributed by atoms with Crippen molar-refractivity contribution < 1.29 is 4.79 Å². The highest BCUT2D eigenvalue weighted by molar-refractivity contribution is 5.95. The zero-order chi connectivity index (χ0) is 28.4. The summed E-state index contributed by atoms with van der Waals surface area (Å²) in [4.78, 5) is 45.7. The highest BCUT2D eigenvalue weighted by Gasteiger charge is 2.25. The number of nitrogens with one attached hydrogen (secondary N) is 4. The maximum Gasteiger partial charge on any atom is 0.253 e. The average Bonchev–Trinajstić information content (AvgIpc) is 2.94. The van der Waals surface area contributed by atoms with Crippen LogP contribution in [0.1, 0.15) is 49.7 Å². The van der Waals surface area contributed by atoms with Crippen LogP contribution in [-0.4, -0.2) is 21.4 Å². The number of anilines is 5. The van der Waals surface area contributed by atoms with Crippen molar-refractivity contribution in [2.75, 3.05) is 16.0 Å². The molecule has 4 N–H and O–H groups in total. The number of rotatable bonds is 8. The number of carbonyl (C=O) groups excluding carboxylic acids is 1. The minimum absolute atomic E-state index is 0.174. The molecule has 5 aromatic rings. The molecule has 9 heteroatoms. The molecule has 0 saturated carbocycles. The van der Waals surface area contributed by atoms with Crippen LogP contribution in [0.4, 0.5) is 28.8 Å². The van der Waals surface area contributed by atoms with Gasteiger partial charge in [0, 0.05) is 23.0 Å². The quantitative estimate of drug-likeness (QED) is 0.195. The van der Waals surface area contributed by atoms with Crippen molar-refractivity contribution in [1.29, 1.82) is 0 Å². The van der Waals surface area contributed by atoms with Crippen LogP contribution in [0.2, 0.25) is 0 Å². The summed E-state index contributed by atoms with van der Waals surface area (Å²) >= 11 is 0. The third-order valence-electron chi connectivity index (χ3n) is 6.36. The van der Waals surface area contributed by atoms with Crippen molar-refractivity contribution in [2.45, 2.75) is 39.3 Å². The fourth-order valence-electron chi connectivity index (χ4n) is 4.44. The molecule has 0 aliphatic rings. The SMILES string of the molecule is CC(NC(=O)c1ccc(Nc2nccc(Nc3c(NC(C)(C)C)c(=O)c3=O)n2)cc1)c1cccc2ccccc12. The number of fused-ring (bicyclic) bond motifs is 1. The molecule has 1 heterocycles. The van der Waals surface area contributed by atoms with Gasteiger partial charge >= 0.3 is 0 Å². The van der Waals surface area contributed by atoms with E-state index in [9.17, 15) is 14.4 Å². The summed E-state index contributed by atoms with van der Waals surface area (Å²) in [6.07, 6.45) is 1.54. The van der Waals surface area contributed by atoms with Gasteiger partial charge < -0.3 is 21.3 Å². The Hall–Kier alpha value is -5.05. The average molecular weight is 535 g/mol. The van der Waals surface area contributed by atoms with Crippen LogP contribution in [0.15, 0.2) is 88.6 Å². The number of benzene rings is 3. The van der Waals surface area contributed by atoms with E-state index in [-0.39, 0.29) is 34.8 Å². The third-order valence-corrected chi connectivity index (χ3v) is 6.36. The molecule has 9 nitrogen and oxygen atoms in total. The summed E-state index contributed by atoms with van der Waals surface area (Å²) in [7, 11) is 0. The molecular weight excluding hydrogens is 504 g/mol. The summed E-state index contributed by atoms with van der Waals surface area (Å²) < 4.78 is 0. The molecule has 0 spiro atoms. The Morgan fingerprint density at radius 1 is 0.825 bits per heavy atom. The van der Waals surface area contributed by atoms with E-state index in [0.717, 1.165) is 16.3 Å². The molecule has 0 radical (unpaired) electrons. The van der Waals surface area contributed by atoms with Gasteiger partial charge in [0.15, 0.2) is 0 Å². The van der Waals surface area contributed by atoms with Gasteiger partial charge in [-0.25, -0.2) is 4.98 Å². The number of hydrogen-bond acceptors (Lipinski definition) is 8. The smallest absolute Gasteiger partial charge is 0.253 e. The summed E-state index contributed by atoms with van der Waals surface area (Å²) in [6.45, 7) is 7.68. The van der Waals surface area contributed by atoms with Gasteiger partial charge in [0.25, 0.3) is 16.8 Å². The minimum Gasteiger partial charge on any atom is -0.375 e. The number of nitrogens with zero attached hydrogens (tertiary/aromatic N) is 2. The number of carbonyl (C=O) groups is 1. The second-order valence-electron chi connectivity index (χ2n) is 10.6. The van der Waals surface area contributed by atoms with Crippen LogP contribution in [0.5, 0.6) is 0 Å². The van der Waals surface area contributed by atoms with Gasteiger partial charge in [-0.2, -0.15) is 4.98 Å². The Labute approximate surface area is 231 Å². The zero-order valence-corrected chi connectivity index (χ0v) is 22.7. The predicted molar refractivity (Wildman–Crippen MR) is 160 cm³/mol. The van der Waals surface area contributed by atoms with E-state index in [1.165, 1.54) is 6.20 Å². The van der Waals surface area contributed by atoms with Gasteiger partial charge in [-0.3, -0.25) is 14.4 Å². The van der Waals surface area contributed by atoms with Gasteiger partial charge in [0.05, 0.1) is 6.04 Å². The molecule has 0 bridgehead atoms. The van der Waals surface area contributed by atoms with E-state index in [1.54, 1.807) is 30.3 Å². The molecule has 0 aliphatic heterocycles. The van der Waals surface area contributed by atoms with Crippen molar-refractivity contribution in [1.82, 2.24) is 15.3 Å². The second kappa shape index (κ2) is 10.6. The minimum atomic E-state index is -0.594. The largest absolute Gasteiger partial charge is 0.375 e. The highest BCUT2D eigenvalue weighted by atomic mass is 16.2. The molecule has 1 amide bonds.